The average Bonchev–Trinajstić information content (AvgIpc) is 2.38. The van der Waals surface area contributed by atoms with Crippen LogP contribution < -0.4 is 0 Å². The molecule has 1 aromatic rings. The highest BCUT2D eigenvalue weighted by Gasteiger charge is 2.39. The van der Waals surface area contributed by atoms with E-state index in [1.807, 2.05) is 6.07 Å². The Bertz CT molecular complexity index is 454. The fourth-order valence-corrected chi connectivity index (χ4v) is 3.14. The van der Waals surface area contributed by atoms with E-state index in [0.29, 0.717) is 11.1 Å². The lowest BCUT2D eigenvalue weighted by Crippen LogP contribution is -2.35. The molecule has 3 nitrogen and oxygen atoms in total. The Morgan fingerprint density at radius 3 is 2.55 bits per heavy atom. The maximum absolute atomic E-state index is 6.19. The predicted molar refractivity (Wildman–Crippen MR) is 81.9 cm³/mol. The Labute approximate surface area is 127 Å². The highest BCUT2D eigenvalue weighted by Crippen LogP contribution is 2.40. The largest absolute Gasteiger partial charge is 0.370 e. The summed E-state index contributed by atoms with van der Waals surface area (Å²) >= 11 is 6.19. The molecule has 0 saturated heterocycles. The second-order valence-corrected chi connectivity index (χ2v) is 6.87. The van der Waals surface area contributed by atoms with Gasteiger partial charge in [0.05, 0.1) is 0 Å². The molecule has 0 N–H and O–H groups in total. The zero-order valence-electron chi connectivity index (χ0n) is 12.9. The molecule has 1 aromatic heterocycles. The Morgan fingerprint density at radius 2 is 2.00 bits per heavy atom. The summed E-state index contributed by atoms with van der Waals surface area (Å²) in [5.74, 6) is 2.08. The van der Waals surface area contributed by atoms with Crippen LogP contribution >= 0.6 is 11.6 Å². The molecule has 0 aliphatic heterocycles. The van der Waals surface area contributed by atoms with Crippen LogP contribution in [-0.4, -0.2) is 17.1 Å². The van der Waals surface area contributed by atoms with E-state index in [2.05, 4.69) is 25.8 Å². The van der Waals surface area contributed by atoms with E-state index < -0.39 is 0 Å². The molecule has 0 atom stereocenters. The first kappa shape index (κ1) is 15.7. The number of rotatable bonds is 4. The Balaban J connectivity index is 2.32. The van der Waals surface area contributed by atoms with Gasteiger partial charge < -0.3 is 4.74 Å². The van der Waals surface area contributed by atoms with Gasteiger partial charge in [0.2, 0.25) is 0 Å². The summed E-state index contributed by atoms with van der Waals surface area (Å²) in [6.45, 7) is 6.66. The molecule has 0 spiro atoms. The Hall–Kier alpha value is -0.670. The molecule has 0 aromatic carbocycles. The summed E-state index contributed by atoms with van der Waals surface area (Å²) in [5.41, 5.74) is 0.674. The molecule has 0 amide bonds. The SMILES string of the molecule is COC1(c2nc(Cl)cc(CC(C)C)n2)CCC(C)CC1. The highest BCUT2D eigenvalue weighted by molar-refractivity contribution is 6.29. The van der Waals surface area contributed by atoms with Crippen LogP contribution in [0.1, 0.15) is 58.0 Å². The molecule has 1 heterocycles. The standard InChI is InChI=1S/C16H25ClN2O/c1-11(2)9-13-10-14(17)19-15(18-13)16(20-4)7-5-12(3)6-8-16/h10-12H,5-9H2,1-4H3. The van der Waals surface area contributed by atoms with Crippen molar-refractivity contribution >= 4 is 11.6 Å². The van der Waals surface area contributed by atoms with Crippen molar-refractivity contribution in [3.63, 3.8) is 0 Å². The third-order valence-electron chi connectivity index (χ3n) is 4.25. The van der Waals surface area contributed by atoms with E-state index in [0.717, 1.165) is 49.5 Å². The minimum atomic E-state index is -0.344. The van der Waals surface area contributed by atoms with Crippen LogP contribution in [0.5, 0.6) is 0 Å². The van der Waals surface area contributed by atoms with E-state index in [-0.39, 0.29) is 5.60 Å². The van der Waals surface area contributed by atoms with E-state index in [4.69, 9.17) is 21.3 Å². The molecule has 1 saturated carbocycles. The summed E-state index contributed by atoms with van der Waals surface area (Å²) < 4.78 is 5.84. The fourth-order valence-electron chi connectivity index (χ4n) is 2.94. The summed E-state index contributed by atoms with van der Waals surface area (Å²) in [4.78, 5) is 9.21. The van der Waals surface area contributed by atoms with Gasteiger partial charge in [-0.2, -0.15) is 0 Å². The lowest BCUT2D eigenvalue weighted by atomic mass is 9.79. The van der Waals surface area contributed by atoms with Crippen molar-refractivity contribution in [2.75, 3.05) is 7.11 Å². The lowest BCUT2D eigenvalue weighted by molar-refractivity contribution is -0.0598. The van der Waals surface area contributed by atoms with Gasteiger partial charge in [-0.05, 0) is 50.0 Å². The molecular formula is C16H25ClN2O. The first-order valence-electron chi connectivity index (χ1n) is 7.54. The van der Waals surface area contributed by atoms with Crippen molar-refractivity contribution < 1.29 is 4.74 Å². The number of ether oxygens (including phenoxy) is 1. The molecule has 0 unspecified atom stereocenters. The predicted octanol–water partition coefficient (Wildman–Crippen LogP) is 4.38. The normalized spacial score (nSPS) is 27.0. The first-order chi connectivity index (χ1) is 9.45. The van der Waals surface area contributed by atoms with Crippen molar-refractivity contribution in [2.24, 2.45) is 11.8 Å². The smallest absolute Gasteiger partial charge is 0.162 e. The van der Waals surface area contributed by atoms with Gasteiger partial charge in [0.1, 0.15) is 10.8 Å². The fraction of sp³-hybridized carbons (Fsp3) is 0.750. The Kier molecular flexibility index (Phi) is 5.03. The van der Waals surface area contributed by atoms with Gasteiger partial charge in [-0.3, -0.25) is 0 Å². The minimum Gasteiger partial charge on any atom is -0.370 e. The molecular weight excluding hydrogens is 272 g/mol. The molecule has 1 aliphatic carbocycles. The van der Waals surface area contributed by atoms with Crippen LogP contribution in [0.2, 0.25) is 5.15 Å². The number of hydrogen-bond acceptors (Lipinski definition) is 3. The minimum absolute atomic E-state index is 0.344. The van der Waals surface area contributed by atoms with E-state index in [1.54, 1.807) is 7.11 Å². The Morgan fingerprint density at radius 1 is 1.35 bits per heavy atom. The van der Waals surface area contributed by atoms with Crippen LogP contribution in [0, 0.1) is 11.8 Å². The summed E-state index contributed by atoms with van der Waals surface area (Å²) in [7, 11) is 1.77. The molecule has 0 bridgehead atoms. The number of hydrogen-bond donors (Lipinski definition) is 0. The number of nitrogens with zero attached hydrogens (tertiary/aromatic N) is 2. The van der Waals surface area contributed by atoms with Gasteiger partial charge in [0.25, 0.3) is 0 Å². The van der Waals surface area contributed by atoms with E-state index in [9.17, 15) is 0 Å². The maximum atomic E-state index is 6.19. The molecule has 2 rings (SSSR count). The highest BCUT2D eigenvalue weighted by atomic mass is 35.5. The maximum Gasteiger partial charge on any atom is 0.162 e. The van der Waals surface area contributed by atoms with Crippen LogP contribution in [0.4, 0.5) is 0 Å². The molecule has 1 aliphatic rings. The average molecular weight is 297 g/mol. The second-order valence-electron chi connectivity index (χ2n) is 6.48. The quantitative estimate of drug-likeness (QED) is 0.773. The summed E-state index contributed by atoms with van der Waals surface area (Å²) in [6, 6.07) is 1.87. The lowest BCUT2D eigenvalue weighted by Gasteiger charge is -2.37. The molecule has 112 valence electrons. The molecule has 0 radical (unpaired) electrons. The topological polar surface area (TPSA) is 35.0 Å². The second kappa shape index (κ2) is 6.40. The summed E-state index contributed by atoms with van der Waals surface area (Å²) in [6.07, 6.45) is 5.19. The van der Waals surface area contributed by atoms with Crippen molar-refractivity contribution in [1.82, 2.24) is 9.97 Å². The van der Waals surface area contributed by atoms with Gasteiger partial charge in [-0.15, -0.1) is 0 Å². The third kappa shape index (κ3) is 3.50. The summed E-state index contributed by atoms with van der Waals surface area (Å²) in [5, 5.41) is 0.528. The molecule has 1 fully saturated rings. The zero-order chi connectivity index (χ0) is 14.8. The van der Waals surface area contributed by atoms with Crippen molar-refractivity contribution in [2.45, 2.75) is 58.5 Å². The molecule has 20 heavy (non-hydrogen) atoms. The van der Waals surface area contributed by atoms with Gasteiger partial charge >= 0.3 is 0 Å². The number of aromatic nitrogens is 2. The van der Waals surface area contributed by atoms with E-state index in [1.165, 1.54) is 0 Å². The van der Waals surface area contributed by atoms with Gasteiger partial charge in [-0.1, -0.05) is 32.4 Å². The van der Waals surface area contributed by atoms with Crippen LogP contribution in [-0.2, 0) is 16.8 Å². The van der Waals surface area contributed by atoms with E-state index >= 15 is 0 Å². The van der Waals surface area contributed by atoms with Gasteiger partial charge in [-0.25, -0.2) is 9.97 Å². The number of methoxy groups -OCH3 is 1. The van der Waals surface area contributed by atoms with Gasteiger partial charge in [0, 0.05) is 12.8 Å². The van der Waals surface area contributed by atoms with Crippen molar-refractivity contribution in [1.29, 1.82) is 0 Å². The monoisotopic (exact) mass is 296 g/mol. The third-order valence-corrected chi connectivity index (χ3v) is 4.44. The number of halogens is 1. The first-order valence-corrected chi connectivity index (χ1v) is 7.92. The van der Waals surface area contributed by atoms with Crippen LogP contribution in [0.15, 0.2) is 6.07 Å². The van der Waals surface area contributed by atoms with Crippen molar-refractivity contribution in [3.8, 4) is 0 Å². The van der Waals surface area contributed by atoms with Gasteiger partial charge in [0.15, 0.2) is 5.82 Å². The zero-order valence-corrected chi connectivity index (χ0v) is 13.7. The molecule has 4 heteroatoms. The van der Waals surface area contributed by atoms with Crippen LogP contribution in [0.25, 0.3) is 0 Å². The van der Waals surface area contributed by atoms with Crippen molar-refractivity contribution in [3.05, 3.63) is 22.7 Å². The van der Waals surface area contributed by atoms with Crippen LogP contribution in [0.3, 0.4) is 0 Å².